The standard InChI is InChI=1S/C13H20N2O3/c14-6-8-18-10-13(17)15-12-5-1-3-11(9-12)4-2-7-16/h1,3,5,9,16H,2,4,6-8,10,14H2,(H,15,17). The van der Waals surface area contributed by atoms with Crippen LogP contribution in [0, 0.1) is 0 Å². The van der Waals surface area contributed by atoms with Gasteiger partial charge in [-0.2, -0.15) is 0 Å². The molecule has 0 aliphatic heterocycles. The van der Waals surface area contributed by atoms with E-state index in [1.165, 1.54) is 0 Å². The molecule has 0 aliphatic carbocycles. The minimum atomic E-state index is -0.192. The maximum Gasteiger partial charge on any atom is 0.250 e. The van der Waals surface area contributed by atoms with E-state index in [9.17, 15) is 4.79 Å². The van der Waals surface area contributed by atoms with Crippen molar-refractivity contribution >= 4 is 11.6 Å². The number of nitrogens with two attached hydrogens (primary N) is 1. The van der Waals surface area contributed by atoms with Crippen LogP contribution in [0.5, 0.6) is 0 Å². The number of aliphatic hydroxyl groups excluding tert-OH is 1. The second-order valence-electron chi connectivity index (χ2n) is 3.92. The SMILES string of the molecule is NCCOCC(=O)Nc1cccc(CCCO)c1. The van der Waals surface area contributed by atoms with E-state index in [1.807, 2.05) is 24.3 Å². The van der Waals surface area contributed by atoms with Gasteiger partial charge in [0.2, 0.25) is 5.91 Å². The molecule has 0 radical (unpaired) electrons. The normalized spacial score (nSPS) is 10.3. The molecule has 100 valence electrons. The van der Waals surface area contributed by atoms with E-state index in [4.69, 9.17) is 15.6 Å². The highest BCUT2D eigenvalue weighted by Gasteiger charge is 2.02. The predicted octanol–water partition coefficient (Wildman–Crippen LogP) is 0.525. The van der Waals surface area contributed by atoms with Gasteiger partial charge in [-0.3, -0.25) is 4.79 Å². The summed E-state index contributed by atoms with van der Waals surface area (Å²) >= 11 is 0. The molecule has 4 N–H and O–H groups in total. The molecule has 1 aromatic carbocycles. The fourth-order valence-electron chi connectivity index (χ4n) is 1.53. The number of aryl methyl sites for hydroxylation is 1. The van der Waals surface area contributed by atoms with Gasteiger partial charge in [-0.05, 0) is 30.5 Å². The van der Waals surface area contributed by atoms with Crippen LogP contribution >= 0.6 is 0 Å². The molecule has 0 fully saturated rings. The topological polar surface area (TPSA) is 84.6 Å². The zero-order valence-corrected chi connectivity index (χ0v) is 10.4. The molecule has 0 aliphatic rings. The van der Waals surface area contributed by atoms with Crippen LogP contribution in [0.2, 0.25) is 0 Å². The van der Waals surface area contributed by atoms with E-state index in [1.54, 1.807) is 0 Å². The first-order valence-corrected chi connectivity index (χ1v) is 6.03. The molecule has 0 saturated carbocycles. The zero-order chi connectivity index (χ0) is 13.2. The lowest BCUT2D eigenvalue weighted by molar-refractivity contribution is -0.120. The summed E-state index contributed by atoms with van der Waals surface area (Å²) in [5, 5.41) is 11.5. The number of hydrogen-bond donors (Lipinski definition) is 3. The van der Waals surface area contributed by atoms with E-state index in [2.05, 4.69) is 5.32 Å². The molecule has 5 nitrogen and oxygen atoms in total. The molecule has 0 heterocycles. The molecule has 1 amide bonds. The second-order valence-corrected chi connectivity index (χ2v) is 3.92. The number of benzene rings is 1. The second kappa shape index (κ2) is 8.63. The molecule has 0 saturated heterocycles. The van der Waals surface area contributed by atoms with E-state index in [-0.39, 0.29) is 19.1 Å². The van der Waals surface area contributed by atoms with Crippen molar-refractivity contribution in [3.8, 4) is 0 Å². The molecule has 1 rings (SSSR count). The van der Waals surface area contributed by atoms with Gasteiger partial charge in [0.25, 0.3) is 0 Å². The molecule has 5 heteroatoms. The molecule has 0 atom stereocenters. The van der Waals surface area contributed by atoms with Gasteiger partial charge in [-0.25, -0.2) is 0 Å². The third-order valence-corrected chi connectivity index (χ3v) is 2.33. The fraction of sp³-hybridized carbons (Fsp3) is 0.462. The van der Waals surface area contributed by atoms with Crippen LogP contribution < -0.4 is 11.1 Å². The van der Waals surface area contributed by atoms with Crippen molar-refractivity contribution in [3.05, 3.63) is 29.8 Å². The zero-order valence-electron chi connectivity index (χ0n) is 10.4. The van der Waals surface area contributed by atoms with Crippen molar-refractivity contribution in [1.82, 2.24) is 0 Å². The fourth-order valence-corrected chi connectivity index (χ4v) is 1.53. The quantitative estimate of drug-likeness (QED) is 0.589. The Morgan fingerprint density at radius 1 is 1.44 bits per heavy atom. The number of aliphatic hydroxyl groups is 1. The maximum absolute atomic E-state index is 11.5. The summed E-state index contributed by atoms with van der Waals surface area (Å²) in [7, 11) is 0. The average Bonchev–Trinajstić information content (AvgIpc) is 2.37. The summed E-state index contributed by atoms with van der Waals surface area (Å²) in [6.07, 6.45) is 1.51. The number of anilines is 1. The smallest absolute Gasteiger partial charge is 0.250 e. The highest BCUT2D eigenvalue weighted by atomic mass is 16.5. The minimum Gasteiger partial charge on any atom is -0.396 e. The van der Waals surface area contributed by atoms with Crippen LogP contribution in [0.1, 0.15) is 12.0 Å². The molecule has 0 aromatic heterocycles. The maximum atomic E-state index is 11.5. The number of amides is 1. The largest absolute Gasteiger partial charge is 0.396 e. The Balaban J connectivity index is 2.43. The minimum absolute atomic E-state index is 0.0120. The highest BCUT2D eigenvalue weighted by molar-refractivity contribution is 5.91. The van der Waals surface area contributed by atoms with Crippen molar-refractivity contribution in [2.24, 2.45) is 5.73 Å². The first kappa shape index (κ1) is 14.6. The van der Waals surface area contributed by atoms with Gasteiger partial charge in [0.1, 0.15) is 6.61 Å². The van der Waals surface area contributed by atoms with Gasteiger partial charge in [-0.15, -0.1) is 0 Å². The third kappa shape index (κ3) is 5.77. The van der Waals surface area contributed by atoms with Crippen LogP contribution in [-0.4, -0.2) is 37.4 Å². The summed E-state index contributed by atoms with van der Waals surface area (Å²) in [5.74, 6) is -0.192. The molecular formula is C13H20N2O3. The van der Waals surface area contributed by atoms with Gasteiger partial charge < -0.3 is 20.9 Å². The predicted molar refractivity (Wildman–Crippen MR) is 70.4 cm³/mol. The third-order valence-electron chi connectivity index (χ3n) is 2.33. The van der Waals surface area contributed by atoms with Crippen LogP contribution in [0.4, 0.5) is 5.69 Å². The molecular weight excluding hydrogens is 232 g/mol. The number of hydrogen-bond acceptors (Lipinski definition) is 4. The summed E-state index contributed by atoms with van der Waals surface area (Å²) in [6, 6.07) is 7.57. The summed E-state index contributed by atoms with van der Waals surface area (Å²) < 4.78 is 5.04. The van der Waals surface area contributed by atoms with Crippen molar-refractivity contribution in [2.75, 3.05) is 31.7 Å². The van der Waals surface area contributed by atoms with Gasteiger partial charge in [0, 0.05) is 18.8 Å². The van der Waals surface area contributed by atoms with E-state index >= 15 is 0 Å². The molecule has 0 bridgehead atoms. The Morgan fingerprint density at radius 2 is 2.28 bits per heavy atom. The first-order chi connectivity index (χ1) is 8.76. The van der Waals surface area contributed by atoms with E-state index in [0.29, 0.717) is 13.2 Å². The number of nitrogens with one attached hydrogen (secondary N) is 1. The van der Waals surface area contributed by atoms with E-state index < -0.39 is 0 Å². The van der Waals surface area contributed by atoms with E-state index in [0.717, 1.165) is 24.1 Å². The Hall–Kier alpha value is -1.43. The monoisotopic (exact) mass is 252 g/mol. The van der Waals surface area contributed by atoms with Crippen molar-refractivity contribution in [3.63, 3.8) is 0 Å². The Bertz CT molecular complexity index is 369. The van der Waals surface area contributed by atoms with Crippen LogP contribution in [0.15, 0.2) is 24.3 Å². The summed E-state index contributed by atoms with van der Waals surface area (Å²) in [6.45, 7) is 0.968. The Morgan fingerprint density at radius 3 is 3.00 bits per heavy atom. The van der Waals surface area contributed by atoms with Crippen LogP contribution in [0.3, 0.4) is 0 Å². The van der Waals surface area contributed by atoms with Crippen LogP contribution in [-0.2, 0) is 16.0 Å². The number of ether oxygens (including phenoxy) is 1. The van der Waals surface area contributed by atoms with Crippen molar-refractivity contribution in [1.29, 1.82) is 0 Å². The Labute approximate surface area is 107 Å². The van der Waals surface area contributed by atoms with Crippen LogP contribution in [0.25, 0.3) is 0 Å². The molecule has 1 aromatic rings. The molecule has 0 unspecified atom stereocenters. The van der Waals surface area contributed by atoms with Gasteiger partial charge in [-0.1, -0.05) is 12.1 Å². The van der Waals surface area contributed by atoms with Gasteiger partial charge >= 0.3 is 0 Å². The number of rotatable bonds is 8. The molecule has 0 spiro atoms. The lowest BCUT2D eigenvalue weighted by atomic mass is 10.1. The van der Waals surface area contributed by atoms with Gasteiger partial charge in [0.05, 0.1) is 6.61 Å². The summed E-state index contributed by atoms with van der Waals surface area (Å²) in [4.78, 5) is 11.5. The average molecular weight is 252 g/mol. The van der Waals surface area contributed by atoms with Gasteiger partial charge in [0.15, 0.2) is 0 Å². The lowest BCUT2D eigenvalue weighted by Crippen LogP contribution is -2.20. The number of carbonyl (C=O) groups is 1. The first-order valence-electron chi connectivity index (χ1n) is 6.03. The van der Waals surface area contributed by atoms with Crippen molar-refractivity contribution in [2.45, 2.75) is 12.8 Å². The summed E-state index contributed by atoms with van der Waals surface area (Å²) in [5.41, 5.74) is 7.09. The lowest BCUT2D eigenvalue weighted by Gasteiger charge is -2.07. The number of carbonyl (C=O) groups excluding carboxylic acids is 1. The molecule has 18 heavy (non-hydrogen) atoms. The Kier molecular flexibility index (Phi) is 7.01. The highest BCUT2D eigenvalue weighted by Crippen LogP contribution is 2.12. The van der Waals surface area contributed by atoms with Crippen molar-refractivity contribution < 1.29 is 14.6 Å².